The zero-order valence-electron chi connectivity index (χ0n) is 17.3. The Labute approximate surface area is 168 Å². The lowest BCUT2D eigenvalue weighted by Gasteiger charge is -2.34. The molecule has 6 heteroatoms. The maximum atomic E-state index is 11.8. The molecule has 1 N–H and O–H groups in total. The molecule has 2 fully saturated rings. The Kier molecular flexibility index (Phi) is 7.71. The molecule has 1 amide bonds. The number of carbonyl (C=O) groups excluding carboxylic acids is 1. The summed E-state index contributed by atoms with van der Waals surface area (Å²) < 4.78 is 5.75. The third kappa shape index (κ3) is 5.71. The molecule has 1 aromatic carbocycles. The molecule has 28 heavy (non-hydrogen) atoms. The van der Waals surface area contributed by atoms with E-state index in [1.807, 2.05) is 4.90 Å². The zero-order chi connectivity index (χ0) is 19.8. The van der Waals surface area contributed by atoms with Gasteiger partial charge in [-0.3, -0.25) is 4.79 Å². The topological polar surface area (TPSA) is 57.2 Å². The van der Waals surface area contributed by atoms with Crippen molar-refractivity contribution in [3.63, 3.8) is 0 Å². The smallest absolute Gasteiger partial charge is 0.222 e. The number of hydrogen-bond acceptors (Lipinski definition) is 3. The van der Waals surface area contributed by atoms with E-state index in [1.54, 1.807) is 0 Å². The lowest BCUT2D eigenvalue weighted by molar-refractivity contribution is -0.128. The number of piperidine rings is 1. The predicted octanol–water partition coefficient (Wildman–Crippen LogP) is 2.78. The molecule has 2 saturated heterocycles. The molecule has 0 unspecified atom stereocenters. The van der Waals surface area contributed by atoms with Gasteiger partial charge >= 0.3 is 0 Å². The first-order valence-corrected chi connectivity index (χ1v) is 10.7. The van der Waals surface area contributed by atoms with Gasteiger partial charge in [0.05, 0.1) is 12.6 Å². The van der Waals surface area contributed by atoms with Gasteiger partial charge < -0.3 is 19.9 Å². The minimum Gasteiger partial charge on any atom is -0.378 e. The van der Waals surface area contributed by atoms with E-state index in [4.69, 9.17) is 9.73 Å². The van der Waals surface area contributed by atoms with Crippen LogP contribution >= 0.6 is 0 Å². The number of nitrogens with zero attached hydrogens (tertiary/aromatic N) is 3. The zero-order valence-corrected chi connectivity index (χ0v) is 17.3. The van der Waals surface area contributed by atoms with Crippen molar-refractivity contribution in [2.75, 3.05) is 32.8 Å². The molecule has 0 radical (unpaired) electrons. The van der Waals surface area contributed by atoms with E-state index < -0.39 is 0 Å². The van der Waals surface area contributed by atoms with Crippen LogP contribution in [0.4, 0.5) is 0 Å². The van der Waals surface area contributed by atoms with Crippen molar-refractivity contribution in [2.24, 2.45) is 4.99 Å². The lowest BCUT2D eigenvalue weighted by atomic mass is 10.1. The second kappa shape index (κ2) is 10.5. The second-order valence-electron chi connectivity index (χ2n) is 7.55. The summed E-state index contributed by atoms with van der Waals surface area (Å²) in [7, 11) is 0. The Morgan fingerprint density at radius 2 is 1.86 bits per heavy atom. The highest BCUT2D eigenvalue weighted by Gasteiger charge is 2.22. The van der Waals surface area contributed by atoms with Gasteiger partial charge in [-0.15, -0.1) is 0 Å². The van der Waals surface area contributed by atoms with Crippen LogP contribution in [-0.2, 0) is 22.6 Å². The molecule has 0 atom stereocenters. The number of nitrogens with one attached hydrogen (secondary N) is 1. The van der Waals surface area contributed by atoms with Crippen molar-refractivity contribution in [1.82, 2.24) is 15.1 Å². The highest BCUT2D eigenvalue weighted by molar-refractivity contribution is 5.80. The molecule has 0 saturated carbocycles. The summed E-state index contributed by atoms with van der Waals surface area (Å²) in [5.41, 5.74) is 2.38. The Hall–Kier alpha value is -2.08. The molecule has 2 heterocycles. The van der Waals surface area contributed by atoms with Crippen LogP contribution in [0.15, 0.2) is 29.3 Å². The fraction of sp³-hybridized carbons (Fsp3) is 0.636. The summed E-state index contributed by atoms with van der Waals surface area (Å²) in [6, 6.07) is 8.50. The van der Waals surface area contributed by atoms with Gasteiger partial charge in [0.2, 0.25) is 5.91 Å². The van der Waals surface area contributed by atoms with Crippen LogP contribution in [0.1, 0.15) is 50.7 Å². The number of carbonyl (C=O) groups is 1. The summed E-state index contributed by atoms with van der Waals surface area (Å²) in [4.78, 5) is 20.9. The number of hydrogen-bond donors (Lipinski definition) is 1. The molecular formula is C22H34N4O2. The molecule has 3 rings (SSSR count). The maximum absolute atomic E-state index is 11.8. The van der Waals surface area contributed by atoms with E-state index in [9.17, 15) is 4.79 Å². The Morgan fingerprint density at radius 3 is 2.46 bits per heavy atom. The van der Waals surface area contributed by atoms with Crippen molar-refractivity contribution in [1.29, 1.82) is 0 Å². The average Bonchev–Trinajstić information content (AvgIpc) is 3.12. The van der Waals surface area contributed by atoms with Gasteiger partial charge in [-0.2, -0.15) is 0 Å². The van der Waals surface area contributed by atoms with E-state index >= 15 is 0 Å². The number of likely N-dealkylation sites (tertiary alicyclic amines) is 2. The standard InChI is InChI=1S/C22H34N4O2/c1-3-23-22(25-14-11-20(12-15-25)28-4-2)24-16-18-7-9-19(10-8-18)17-26-13-5-6-21(26)27/h7-10,20H,3-6,11-17H2,1-2H3,(H,23,24). The summed E-state index contributed by atoms with van der Waals surface area (Å²) in [5.74, 6) is 1.27. The highest BCUT2D eigenvalue weighted by atomic mass is 16.5. The first kappa shape index (κ1) is 20.6. The fourth-order valence-corrected chi connectivity index (χ4v) is 3.90. The molecule has 0 bridgehead atoms. The first-order valence-electron chi connectivity index (χ1n) is 10.7. The van der Waals surface area contributed by atoms with Crippen molar-refractivity contribution in [3.05, 3.63) is 35.4 Å². The summed E-state index contributed by atoms with van der Waals surface area (Å²) in [6.07, 6.45) is 4.19. The van der Waals surface area contributed by atoms with Crippen molar-refractivity contribution >= 4 is 11.9 Å². The number of benzene rings is 1. The minimum atomic E-state index is 0.275. The third-order valence-corrected chi connectivity index (χ3v) is 5.46. The molecule has 2 aliphatic rings. The average molecular weight is 387 g/mol. The molecule has 6 nitrogen and oxygen atoms in total. The number of aliphatic imine (C=N–C) groups is 1. The Balaban J connectivity index is 1.54. The van der Waals surface area contributed by atoms with Crippen molar-refractivity contribution < 1.29 is 9.53 Å². The first-order chi connectivity index (χ1) is 13.7. The Morgan fingerprint density at radius 1 is 1.14 bits per heavy atom. The normalized spacial score (nSPS) is 18.8. The van der Waals surface area contributed by atoms with E-state index in [0.29, 0.717) is 19.1 Å². The van der Waals surface area contributed by atoms with Gasteiger partial charge in [-0.05, 0) is 44.2 Å². The maximum Gasteiger partial charge on any atom is 0.222 e. The monoisotopic (exact) mass is 386 g/mol. The number of guanidine groups is 1. The largest absolute Gasteiger partial charge is 0.378 e. The second-order valence-corrected chi connectivity index (χ2v) is 7.55. The van der Waals surface area contributed by atoms with E-state index in [2.05, 4.69) is 48.3 Å². The van der Waals surface area contributed by atoms with Gasteiger partial charge in [-0.25, -0.2) is 4.99 Å². The van der Waals surface area contributed by atoms with E-state index in [0.717, 1.165) is 64.6 Å². The predicted molar refractivity (Wildman–Crippen MR) is 112 cm³/mol. The minimum absolute atomic E-state index is 0.275. The van der Waals surface area contributed by atoms with Gasteiger partial charge in [0.25, 0.3) is 0 Å². The number of ether oxygens (including phenoxy) is 1. The van der Waals surface area contributed by atoms with Crippen LogP contribution < -0.4 is 5.32 Å². The van der Waals surface area contributed by atoms with Gasteiger partial charge in [0, 0.05) is 45.8 Å². The summed E-state index contributed by atoms with van der Waals surface area (Å²) >= 11 is 0. The Bertz CT molecular complexity index is 651. The molecule has 154 valence electrons. The molecule has 0 spiro atoms. The molecule has 0 aliphatic carbocycles. The lowest BCUT2D eigenvalue weighted by Crippen LogP contribution is -2.47. The van der Waals surface area contributed by atoms with Crippen LogP contribution in [0.25, 0.3) is 0 Å². The molecular weight excluding hydrogens is 352 g/mol. The van der Waals surface area contributed by atoms with Crippen molar-refractivity contribution in [3.8, 4) is 0 Å². The van der Waals surface area contributed by atoms with E-state index in [-0.39, 0.29) is 5.91 Å². The number of rotatable bonds is 7. The van der Waals surface area contributed by atoms with Crippen LogP contribution in [-0.4, -0.2) is 60.6 Å². The molecule has 0 aromatic heterocycles. The van der Waals surface area contributed by atoms with Crippen LogP contribution in [0.5, 0.6) is 0 Å². The van der Waals surface area contributed by atoms with Gasteiger partial charge in [0.1, 0.15) is 0 Å². The fourth-order valence-electron chi connectivity index (χ4n) is 3.90. The molecule has 2 aliphatic heterocycles. The van der Waals surface area contributed by atoms with Crippen LogP contribution in [0.3, 0.4) is 0 Å². The molecule has 1 aromatic rings. The third-order valence-electron chi connectivity index (χ3n) is 5.46. The van der Waals surface area contributed by atoms with Crippen molar-refractivity contribution in [2.45, 2.75) is 58.7 Å². The SMILES string of the molecule is CCNC(=NCc1ccc(CN2CCCC2=O)cc1)N1CCC(OCC)CC1. The van der Waals surface area contributed by atoms with E-state index in [1.165, 1.54) is 11.1 Å². The van der Waals surface area contributed by atoms with Crippen LogP contribution in [0.2, 0.25) is 0 Å². The highest BCUT2D eigenvalue weighted by Crippen LogP contribution is 2.16. The van der Waals surface area contributed by atoms with Gasteiger partial charge in [0.15, 0.2) is 5.96 Å². The quantitative estimate of drug-likeness (QED) is 0.578. The summed E-state index contributed by atoms with van der Waals surface area (Å²) in [6.45, 7) is 10.1. The van der Waals surface area contributed by atoms with Gasteiger partial charge in [-0.1, -0.05) is 24.3 Å². The summed E-state index contributed by atoms with van der Waals surface area (Å²) in [5, 5.41) is 3.42. The number of amides is 1. The van der Waals surface area contributed by atoms with Crippen LogP contribution in [0, 0.1) is 0 Å².